The molecule has 1 saturated carbocycles. The van der Waals surface area contributed by atoms with Gasteiger partial charge in [-0.05, 0) is 54.6 Å². The van der Waals surface area contributed by atoms with Gasteiger partial charge in [0, 0.05) is 24.1 Å². The van der Waals surface area contributed by atoms with E-state index in [1.54, 1.807) is 6.07 Å². The largest absolute Gasteiger partial charge is 0.355 e. The number of hydrogen-bond donors (Lipinski definition) is 2. The lowest BCUT2D eigenvalue weighted by molar-refractivity contribution is -0.118. The summed E-state index contributed by atoms with van der Waals surface area (Å²) in [6.45, 7) is 0. The zero-order valence-electron chi connectivity index (χ0n) is 16.6. The molecule has 162 valence electrons. The molecule has 4 aromatic rings. The molecular weight excluding hydrogens is 450 g/mol. The van der Waals surface area contributed by atoms with Gasteiger partial charge in [0.1, 0.15) is 0 Å². The van der Waals surface area contributed by atoms with Crippen molar-refractivity contribution in [2.75, 3.05) is 10.0 Å². The quantitative estimate of drug-likeness (QED) is 0.424. The van der Waals surface area contributed by atoms with Crippen LogP contribution in [-0.2, 0) is 20.2 Å². The Kier molecular flexibility index (Phi) is 4.98. The monoisotopic (exact) mass is 467 g/mol. The van der Waals surface area contributed by atoms with Crippen LogP contribution in [0.4, 0.5) is 11.6 Å². The van der Waals surface area contributed by atoms with Crippen molar-refractivity contribution >= 4 is 38.9 Å². The number of anilines is 2. The molecule has 0 radical (unpaired) electrons. The second-order valence-electron chi connectivity index (χ2n) is 7.29. The number of rotatable bonds is 7. The van der Waals surface area contributed by atoms with Crippen LogP contribution < -0.4 is 10.0 Å². The zero-order valence-corrected chi connectivity index (χ0v) is 18.2. The van der Waals surface area contributed by atoms with Crippen LogP contribution in [0.3, 0.4) is 0 Å². The van der Waals surface area contributed by atoms with E-state index in [1.165, 1.54) is 48.0 Å². The number of benzene rings is 1. The summed E-state index contributed by atoms with van der Waals surface area (Å²) >= 11 is 1.54. The molecule has 1 amide bonds. The molecule has 11 heteroatoms. The van der Waals surface area contributed by atoms with E-state index >= 15 is 0 Å². The van der Waals surface area contributed by atoms with Crippen LogP contribution in [0.2, 0.25) is 0 Å². The summed E-state index contributed by atoms with van der Waals surface area (Å²) in [6.07, 6.45) is 4.22. The van der Waals surface area contributed by atoms with Crippen molar-refractivity contribution in [1.29, 1.82) is 0 Å². The molecule has 0 unspecified atom stereocenters. The lowest BCUT2D eigenvalue weighted by atomic mass is 10.0. The minimum atomic E-state index is -3.85. The van der Waals surface area contributed by atoms with Crippen LogP contribution in [0.1, 0.15) is 18.5 Å². The van der Waals surface area contributed by atoms with E-state index in [1.807, 2.05) is 23.6 Å². The van der Waals surface area contributed by atoms with Crippen molar-refractivity contribution in [2.45, 2.75) is 23.2 Å². The van der Waals surface area contributed by atoms with Gasteiger partial charge in [-0.15, -0.1) is 11.3 Å². The molecule has 0 bridgehead atoms. The fraction of sp³-hybridized carbons (Fsp3) is 0.143. The number of amides is 1. The molecule has 1 fully saturated rings. The van der Waals surface area contributed by atoms with Crippen LogP contribution in [0.15, 0.2) is 75.7 Å². The predicted octanol–water partition coefficient (Wildman–Crippen LogP) is 3.66. The van der Waals surface area contributed by atoms with E-state index in [0.717, 1.165) is 4.88 Å². The van der Waals surface area contributed by atoms with Crippen molar-refractivity contribution in [2.24, 2.45) is 0 Å². The Morgan fingerprint density at radius 2 is 1.81 bits per heavy atom. The van der Waals surface area contributed by atoms with Gasteiger partial charge in [0.05, 0.1) is 20.9 Å². The third-order valence-electron chi connectivity index (χ3n) is 5.16. The molecule has 1 aliphatic carbocycles. The Bertz CT molecular complexity index is 1350. The highest BCUT2D eigenvalue weighted by atomic mass is 32.2. The van der Waals surface area contributed by atoms with Crippen LogP contribution >= 0.6 is 11.3 Å². The Morgan fingerprint density at radius 3 is 2.47 bits per heavy atom. The zero-order chi connectivity index (χ0) is 22.2. The number of nitrogens with one attached hydrogen (secondary N) is 2. The van der Waals surface area contributed by atoms with Gasteiger partial charge in [0.15, 0.2) is 5.76 Å². The van der Waals surface area contributed by atoms with Crippen molar-refractivity contribution in [3.63, 3.8) is 0 Å². The molecule has 9 nitrogen and oxygen atoms in total. The average molecular weight is 468 g/mol. The summed E-state index contributed by atoms with van der Waals surface area (Å²) in [5, 5.41) is 8.93. The lowest BCUT2D eigenvalue weighted by Crippen LogP contribution is -2.28. The highest BCUT2D eigenvalue weighted by Gasteiger charge is 2.53. The van der Waals surface area contributed by atoms with E-state index in [-0.39, 0.29) is 16.8 Å². The molecule has 32 heavy (non-hydrogen) atoms. The minimum Gasteiger partial charge on any atom is -0.355 e. The second kappa shape index (κ2) is 7.84. The molecule has 1 aliphatic rings. The Balaban J connectivity index is 1.29. The topological polar surface area (TPSA) is 127 Å². The van der Waals surface area contributed by atoms with Crippen molar-refractivity contribution in [3.05, 3.63) is 72.0 Å². The first-order chi connectivity index (χ1) is 15.5. The maximum Gasteiger partial charge on any atom is 0.264 e. The summed E-state index contributed by atoms with van der Waals surface area (Å²) < 4.78 is 32.7. The van der Waals surface area contributed by atoms with E-state index in [2.05, 4.69) is 25.2 Å². The number of aromatic nitrogens is 3. The Labute approximate surface area is 187 Å². The highest BCUT2D eigenvalue weighted by molar-refractivity contribution is 7.92. The summed E-state index contributed by atoms with van der Waals surface area (Å²) in [5.74, 6) is 0.420. The number of thiophene rings is 1. The van der Waals surface area contributed by atoms with E-state index in [4.69, 9.17) is 4.52 Å². The Morgan fingerprint density at radius 1 is 1.06 bits per heavy atom. The molecule has 0 saturated heterocycles. The molecule has 3 aromatic heterocycles. The van der Waals surface area contributed by atoms with Crippen molar-refractivity contribution < 1.29 is 17.7 Å². The maximum atomic E-state index is 13.0. The molecule has 5 rings (SSSR count). The van der Waals surface area contributed by atoms with Crippen LogP contribution in [0.25, 0.3) is 10.6 Å². The van der Waals surface area contributed by atoms with Crippen LogP contribution in [0.5, 0.6) is 0 Å². The van der Waals surface area contributed by atoms with Crippen molar-refractivity contribution in [1.82, 2.24) is 15.1 Å². The number of nitrogens with zero attached hydrogens (tertiary/aromatic N) is 3. The lowest BCUT2D eigenvalue weighted by Gasteiger charge is -2.13. The van der Waals surface area contributed by atoms with Crippen LogP contribution in [-0.4, -0.2) is 29.4 Å². The van der Waals surface area contributed by atoms with E-state index in [0.29, 0.717) is 30.0 Å². The smallest absolute Gasteiger partial charge is 0.264 e. The van der Waals surface area contributed by atoms with Gasteiger partial charge in [-0.2, -0.15) is 0 Å². The number of carbonyl (C=O) groups excluding carboxylic acids is 1. The first kappa shape index (κ1) is 20.3. The third-order valence-corrected chi connectivity index (χ3v) is 7.39. The van der Waals surface area contributed by atoms with Gasteiger partial charge < -0.3 is 9.84 Å². The second-order valence-corrected chi connectivity index (χ2v) is 9.92. The van der Waals surface area contributed by atoms with Gasteiger partial charge >= 0.3 is 0 Å². The number of carbonyl (C=O) groups is 1. The molecule has 3 heterocycles. The molecular formula is C21H17N5O4S2. The van der Waals surface area contributed by atoms with Crippen LogP contribution in [0, 0.1) is 0 Å². The Hall–Kier alpha value is -3.57. The molecule has 2 N–H and O–H groups in total. The fourth-order valence-electron chi connectivity index (χ4n) is 3.26. The first-order valence-corrected chi connectivity index (χ1v) is 12.1. The summed E-state index contributed by atoms with van der Waals surface area (Å²) in [7, 11) is -3.85. The first-order valence-electron chi connectivity index (χ1n) is 9.69. The normalized spacial score (nSPS) is 14.6. The average Bonchev–Trinajstić information content (AvgIpc) is 3.19. The number of hydrogen-bond acceptors (Lipinski definition) is 8. The molecule has 1 aromatic carbocycles. The minimum absolute atomic E-state index is 0.0184. The van der Waals surface area contributed by atoms with E-state index in [9.17, 15) is 13.2 Å². The SMILES string of the molecule is O=C(Nc1ccc(S(=O)(=O)Nc2ncccn2)cc1)C1(c2cc(-c3cccs3)on2)CC1. The van der Waals surface area contributed by atoms with Gasteiger partial charge in [-0.25, -0.2) is 23.1 Å². The number of sulfonamides is 1. The predicted molar refractivity (Wildman–Crippen MR) is 119 cm³/mol. The standard InChI is InChI=1S/C21H17N5O4S2/c27-19(21(8-9-21)18-13-16(30-25-18)17-3-1-12-31-17)24-14-4-6-15(7-5-14)32(28,29)26-20-22-10-2-11-23-20/h1-7,10-13H,8-9H2,(H,24,27)(H,22,23,26). The molecule has 0 aliphatic heterocycles. The molecule has 0 atom stereocenters. The van der Waals surface area contributed by atoms with Gasteiger partial charge in [0.2, 0.25) is 11.9 Å². The maximum absolute atomic E-state index is 13.0. The van der Waals surface area contributed by atoms with Crippen molar-refractivity contribution in [3.8, 4) is 10.6 Å². The van der Waals surface area contributed by atoms with Gasteiger partial charge in [-0.1, -0.05) is 11.2 Å². The van der Waals surface area contributed by atoms with Gasteiger partial charge in [0.25, 0.3) is 10.0 Å². The van der Waals surface area contributed by atoms with Gasteiger partial charge in [-0.3, -0.25) is 4.79 Å². The summed E-state index contributed by atoms with van der Waals surface area (Å²) in [6, 6.07) is 13.1. The summed E-state index contributed by atoms with van der Waals surface area (Å²) in [5.41, 5.74) is 0.360. The summed E-state index contributed by atoms with van der Waals surface area (Å²) in [4.78, 5) is 21.7. The van der Waals surface area contributed by atoms with E-state index < -0.39 is 15.4 Å². The fourth-order valence-corrected chi connectivity index (χ4v) is 4.89. The molecule has 0 spiro atoms. The third kappa shape index (κ3) is 3.87. The highest BCUT2D eigenvalue weighted by Crippen LogP contribution is 2.49.